The minimum Gasteiger partial charge on any atom is -0.444 e. The summed E-state index contributed by atoms with van der Waals surface area (Å²) in [7, 11) is 0. The molecule has 1 heterocycles. The van der Waals surface area contributed by atoms with Crippen molar-refractivity contribution in [2.75, 3.05) is 15.1 Å². The molecule has 0 aliphatic carbocycles. The van der Waals surface area contributed by atoms with Gasteiger partial charge in [0.15, 0.2) is 5.69 Å². The molecule has 0 saturated carbocycles. The number of amides is 4. The number of halogens is 1. The molecule has 0 unspecified atom stereocenters. The van der Waals surface area contributed by atoms with E-state index in [0.29, 0.717) is 22.6 Å². The molecule has 0 spiro atoms. The maximum Gasteiger partial charge on any atom is 0.412 e. The van der Waals surface area contributed by atoms with Gasteiger partial charge in [0, 0.05) is 5.69 Å². The van der Waals surface area contributed by atoms with E-state index in [1.54, 1.807) is 65.8 Å². The molecule has 0 aromatic heterocycles. The number of ether oxygens (including phenoxy) is 1. The van der Waals surface area contributed by atoms with Crippen molar-refractivity contribution >= 4 is 52.4 Å². The highest BCUT2D eigenvalue weighted by atomic mass is 35.5. The number of urea groups is 1. The molecule has 33 heavy (non-hydrogen) atoms. The van der Waals surface area contributed by atoms with Gasteiger partial charge < -0.3 is 4.74 Å². The summed E-state index contributed by atoms with van der Waals surface area (Å²) in [6.07, 6.45) is -0.693. The molecule has 9 heteroatoms. The number of rotatable bonds is 3. The molecule has 3 rings (SSSR count). The molecule has 1 saturated heterocycles. The number of imide groups is 1. The van der Waals surface area contributed by atoms with Crippen LogP contribution in [0.1, 0.15) is 40.2 Å². The smallest absolute Gasteiger partial charge is 0.412 e. The van der Waals surface area contributed by atoms with Crippen molar-refractivity contribution in [2.24, 2.45) is 0 Å². The summed E-state index contributed by atoms with van der Waals surface area (Å²) in [4.78, 5) is 44.8. The first-order valence-corrected chi connectivity index (χ1v) is 10.6. The van der Waals surface area contributed by atoms with Gasteiger partial charge in [0.2, 0.25) is 0 Å². The van der Waals surface area contributed by atoms with E-state index >= 15 is 0 Å². The number of aryl methyl sites for hydroxylation is 1. The van der Waals surface area contributed by atoms with Crippen LogP contribution in [0.15, 0.2) is 36.4 Å². The number of carbonyl (C=O) groups excluding carboxylic acids is 3. The highest BCUT2D eigenvalue weighted by Gasteiger charge is 2.52. The van der Waals surface area contributed by atoms with Crippen LogP contribution in [-0.2, 0) is 9.53 Å². The minimum absolute atomic E-state index is 0.246. The first-order valence-electron chi connectivity index (χ1n) is 10.2. The normalized spacial score (nSPS) is 15.5. The maximum absolute atomic E-state index is 13.4. The average molecular weight is 469 g/mol. The van der Waals surface area contributed by atoms with Crippen LogP contribution in [0.2, 0.25) is 5.02 Å². The highest BCUT2D eigenvalue weighted by molar-refractivity contribution is 6.34. The second-order valence-electron chi connectivity index (χ2n) is 9.19. The quantitative estimate of drug-likeness (QED) is 0.423. The number of nitrogens with one attached hydrogen (secondary N) is 1. The Balaban J connectivity index is 1.98. The first kappa shape index (κ1) is 24.1. The molecular formula is C24H25ClN4O4. The fraction of sp³-hybridized carbons (Fsp3) is 0.333. The van der Waals surface area contributed by atoms with Gasteiger partial charge in [-0.25, -0.2) is 19.3 Å². The summed E-state index contributed by atoms with van der Waals surface area (Å²) in [5.41, 5.74) is 0.210. The number of benzene rings is 2. The standard InChI is InChI=1S/C24H25ClN4O4/c1-14-12-15(9-11-18(14)26-7)28-20(30)24(5,6)29(22(28)32)16-8-10-17(25)19(13-16)27-21(31)33-23(2,3)4/h8-13H,1-6H3,(H,27,31). The lowest BCUT2D eigenvalue weighted by molar-refractivity contribution is -0.120. The number of hydrogen-bond donors (Lipinski definition) is 1. The van der Waals surface area contributed by atoms with E-state index in [4.69, 9.17) is 22.9 Å². The van der Waals surface area contributed by atoms with Crippen molar-refractivity contribution in [2.45, 2.75) is 52.7 Å². The van der Waals surface area contributed by atoms with Crippen molar-refractivity contribution in [3.05, 3.63) is 58.4 Å². The summed E-state index contributed by atoms with van der Waals surface area (Å²) in [6.45, 7) is 17.5. The second-order valence-corrected chi connectivity index (χ2v) is 9.60. The molecule has 0 radical (unpaired) electrons. The summed E-state index contributed by atoms with van der Waals surface area (Å²) in [5, 5.41) is 2.84. The Morgan fingerprint density at radius 3 is 2.33 bits per heavy atom. The molecule has 172 valence electrons. The van der Waals surface area contributed by atoms with Gasteiger partial charge in [0.05, 0.1) is 23.0 Å². The van der Waals surface area contributed by atoms with E-state index in [1.807, 2.05) is 0 Å². The van der Waals surface area contributed by atoms with E-state index in [0.717, 1.165) is 4.90 Å². The molecular weight excluding hydrogens is 444 g/mol. The lowest BCUT2D eigenvalue weighted by atomic mass is 10.0. The zero-order chi connectivity index (χ0) is 24.7. The van der Waals surface area contributed by atoms with Crippen molar-refractivity contribution in [1.82, 2.24) is 0 Å². The summed E-state index contributed by atoms with van der Waals surface area (Å²) in [6, 6.07) is 8.91. The molecule has 1 aliphatic rings. The summed E-state index contributed by atoms with van der Waals surface area (Å²) in [5.74, 6) is -0.418. The van der Waals surface area contributed by atoms with Crippen LogP contribution in [-0.4, -0.2) is 29.2 Å². The SMILES string of the molecule is [C-]#[N+]c1ccc(N2C(=O)N(c3ccc(Cl)c(NC(=O)OC(C)(C)C)c3)C(C)(C)C2=O)cc1C. The third kappa shape index (κ3) is 4.64. The number of hydrogen-bond acceptors (Lipinski definition) is 4. The van der Waals surface area contributed by atoms with Crippen LogP contribution in [0.4, 0.5) is 32.3 Å². The third-order valence-electron chi connectivity index (χ3n) is 5.07. The minimum atomic E-state index is -1.21. The Morgan fingerprint density at radius 2 is 1.76 bits per heavy atom. The molecule has 1 aliphatic heterocycles. The average Bonchev–Trinajstić information content (AvgIpc) is 2.86. The van der Waals surface area contributed by atoms with Gasteiger partial charge in [0.1, 0.15) is 11.1 Å². The Bertz CT molecular complexity index is 1190. The number of anilines is 3. The first-order chi connectivity index (χ1) is 15.3. The molecule has 0 atom stereocenters. The molecule has 2 aromatic rings. The van der Waals surface area contributed by atoms with Gasteiger partial charge in [-0.3, -0.25) is 15.0 Å². The van der Waals surface area contributed by atoms with Crippen LogP contribution < -0.4 is 15.1 Å². The zero-order valence-electron chi connectivity index (χ0n) is 19.3. The number of nitrogens with zero attached hydrogens (tertiary/aromatic N) is 3. The van der Waals surface area contributed by atoms with Gasteiger partial charge in [-0.2, -0.15) is 0 Å². The van der Waals surface area contributed by atoms with Crippen molar-refractivity contribution in [1.29, 1.82) is 0 Å². The van der Waals surface area contributed by atoms with Gasteiger partial charge in [-0.15, -0.1) is 0 Å². The van der Waals surface area contributed by atoms with E-state index in [-0.39, 0.29) is 10.7 Å². The van der Waals surface area contributed by atoms with Gasteiger partial charge in [-0.1, -0.05) is 17.7 Å². The Hall–Kier alpha value is -3.57. The van der Waals surface area contributed by atoms with Crippen LogP contribution in [0, 0.1) is 13.5 Å². The van der Waals surface area contributed by atoms with Crippen LogP contribution in [0.3, 0.4) is 0 Å². The monoisotopic (exact) mass is 468 g/mol. The van der Waals surface area contributed by atoms with Gasteiger partial charge in [0.25, 0.3) is 5.91 Å². The Labute approximate surface area is 197 Å². The largest absolute Gasteiger partial charge is 0.444 e. The summed E-state index contributed by atoms with van der Waals surface area (Å²) < 4.78 is 5.27. The second kappa shape index (κ2) is 8.41. The fourth-order valence-electron chi connectivity index (χ4n) is 3.52. The van der Waals surface area contributed by atoms with Crippen molar-refractivity contribution in [3.63, 3.8) is 0 Å². The molecule has 1 N–H and O–H groups in total. The topological polar surface area (TPSA) is 83.3 Å². The van der Waals surface area contributed by atoms with E-state index in [1.165, 1.54) is 17.0 Å². The van der Waals surface area contributed by atoms with Crippen LogP contribution in [0.25, 0.3) is 4.85 Å². The number of carbonyl (C=O) groups is 3. The summed E-state index contributed by atoms with van der Waals surface area (Å²) >= 11 is 6.25. The Morgan fingerprint density at radius 1 is 1.12 bits per heavy atom. The lowest BCUT2D eigenvalue weighted by Gasteiger charge is -2.28. The molecule has 2 aromatic carbocycles. The predicted molar refractivity (Wildman–Crippen MR) is 128 cm³/mol. The van der Waals surface area contributed by atoms with Gasteiger partial charge >= 0.3 is 12.1 Å². The van der Waals surface area contributed by atoms with Crippen LogP contribution in [0.5, 0.6) is 0 Å². The van der Waals surface area contributed by atoms with Gasteiger partial charge in [-0.05, 0) is 77.4 Å². The molecule has 1 fully saturated rings. The molecule has 0 bridgehead atoms. The van der Waals surface area contributed by atoms with E-state index in [9.17, 15) is 14.4 Å². The lowest BCUT2D eigenvalue weighted by Crippen LogP contribution is -2.44. The van der Waals surface area contributed by atoms with E-state index in [2.05, 4.69) is 10.2 Å². The molecule has 4 amide bonds. The molecule has 8 nitrogen and oxygen atoms in total. The van der Waals surface area contributed by atoms with Crippen molar-refractivity contribution < 1.29 is 19.1 Å². The zero-order valence-corrected chi connectivity index (χ0v) is 20.1. The third-order valence-corrected chi connectivity index (χ3v) is 5.40. The maximum atomic E-state index is 13.4. The van der Waals surface area contributed by atoms with Crippen LogP contribution >= 0.6 is 11.6 Å². The fourth-order valence-corrected chi connectivity index (χ4v) is 3.69. The van der Waals surface area contributed by atoms with E-state index < -0.39 is 29.2 Å². The Kier molecular flexibility index (Phi) is 6.14. The predicted octanol–water partition coefficient (Wildman–Crippen LogP) is 6.30. The van der Waals surface area contributed by atoms with Crippen molar-refractivity contribution in [3.8, 4) is 0 Å². The highest BCUT2D eigenvalue weighted by Crippen LogP contribution is 2.39.